The Hall–Kier alpha value is -1.49. The van der Waals surface area contributed by atoms with Crippen molar-refractivity contribution in [2.75, 3.05) is 18.5 Å². The molecule has 0 aromatic carbocycles. The summed E-state index contributed by atoms with van der Waals surface area (Å²) in [7, 11) is 0. The number of ether oxygens (including phenoxy) is 1. The summed E-state index contributed by atoms with van der Waals surface area (Å²) in [4.78, 5) is 21.3. The summed E-state index contributed by atoms with van der Waals surface area (Å²) in [6, 6.07) is 0. The molecule has 0 unspecified atom stereocenters. The Labute approximate surface area is 125 Å². The van der Waals surface area contributed by atoms with Gasteiger partial charge in [-0.05, 0) is 31.6 Å². The number of fused-ring (bicyclic) bond motifs is 1. The summed E-state index contributed by atoms with van der Waals surface area (Å²) < 4.78 is 5.60. The van der Waals surface area contributed by atoms with Crippen LogP contribution in [-0.4, -0.2) is 35.0 Å². The van der Waals surface area contributed by atoms with Crippen molar-refractivity contribution < 1.29 is 9.53 Å². The highest BCUT2D eigenvalue weighted by Crippen LogP contribution is 2.35. The molecule has 21 heavy (non-hydrogen) atoms. The van der Waals surface area contributed by atoms with Gasteiger partial charge in [-0.3, -0.25) is 4.79 Å². The fraction of sp³-hybridized carbons (Fsp3) is 0.688. The molecule has 0 bridgehead atoms. The van der Waals surface area contributed by atoms with Crippen LogP contribution in [0, 0.1) is 12.3 Å². The molecule has 0 spiro atoms. The standard InChI is InChI=1S/C16H23N3O2/c1-10-14-12(7-16(2,3)8-13(14)20)19-15(18-10)17-9-11-5-4-6-21-11/h11H,4-9H2,1-3H3,(H,17,18,19)/t11-/m1/s1. The van der Waals surface area contributed by atoms with E-state index in [-0.39, 0.29) is 17.3 Å². The molecule has 2 aliphatic rings. The zero-order chi connectivity index (χ0) is 15.0. The Kier molecular flexibility index (Phi) is 3.69. The molecule has 1 aromatic rings. The fourth-order valence-corrected chi connectivity index (χ4v) is 3.25. The van der Waals surface area contributed by atoms with E-state index in [9.17, 15) is 4.79 Å². The lowest BCUT2D eigenvalue weighted by Gasteiger charge is -2.30. The lowest BCUT2D eigenvalue weighted by atomic mass is 9.75. The second-order valence-corrected chi connectivity index (χ2v) is 6.91. The fourth-order valence-electron chi connectivity index (χ4n) is 3.25. The molecule has 1 aromatic heterocycles. The quantitative estimate of drug-likeness (QED) is 0.926. The van der Waals surface area contributed by atoms with Gasteiger partial charge in [-0.2, -0.15) is 0 Å². The van der Waals surface area contributed by atoms with E-state index in [1.54, 1.807) is 0 Å². The predicted molar refractivity (Wildman–Crippen MR) is 80.7 cm³/mol. The van der Waals surface area contributed by atoms with Gasteiger partial charge in [0, 0.05) is 19.6 Å². The Bertz CT molecular complexity index is 563. The highest BCUT2D eigenvalue weighted by molar-refractivity contribution is 5.99. The first-order valence-electron chi connectivity index (χ1n) is 7.71. The summed E-state index contributed by atoms with van der Waals surface area (Å²) >= 11 is 0. The molecule has 1 atom stereocenters. The number of Topliss-reactive ketones (excluding diaryl/α,β-unsaturated/α-hetero) is 1. The summed E-state index contributed by atoms with van der Waals surface area (Å²) in [5.74, 6) is 0.789. The van der Waals surface area contributed by atoms with Gasteiger partial charge >= 0.3 is 0 Å². The molecule has 1 N–H and O–H groups in total. The zero-order valence-corrected chi connectivity index (χ0v) is 13.0. The second-order valence-electron chi connectivity index (χ2n) is 6.91. The molecule has 1 saturated heterocycles. The monoisotopic (exact) mass is 289 g/mol. The maximum atomic E-state index is 12.3. The Morgan fingerprint density at radius 2 is 2.14 bits per heavy atom. The minimum absolute atomic E-state index is 0.0172. The van der Waals surface area contributed by atoms with Crippen LogP contribution >= 0.6 is 0 Å². The third-order valence-corrected chi connectivity index (χ3v) is 4.24. The van der Waals surface area contributed by atoms with Crippen molar-refractivity contribution in [2.24, 2.45) is 5.41 Å². The molecular formula is C16H23N3O2. The maximum absolute atomic E-state index is 12.3. The van der Waals surface area contributed by atoms with Crippen LogP contribution in [0.4, 0.5) is 5.95 Å². The normalized spacial score (nSPS) is 24.0. The van der Waals surface area contributed by atoms with Crippen molar-refractivity contribution in [3.05, 3.63) is 17.0 Å². The third-order valence-electron chi connectivity index (χ3n) is 4.24. The molecule has 5 nitrogen and oxygen atoms in total. The molecule has 3 rings (SSSR count). The minimum Gasteiger partial charge on any atom is -0.376 e. The third kappa shape index (κ3) is 3.07. The van der Waals surface area contributed by atoms with Crippen LogP contribution in [0.25, 0.3) is 0 Å². The minimum atomic E-state index is -0.0172. The van der Waals surface area contributed by atoms with Crippen LogP contribution in [0.3, 0.4) is 0 Å². The molecule has 5 heteroatoms. The number of rotatable bonds is 3. The lowest BCUT2D eigenvalue weighted by molar-refractivity contribution is 0.0908. The highest BCUT2D eigenvalue weighted by atomic mass is 16.5. The Morgan fingerprint density at radius 1 is 1.33 bits per heavy atom. The summed E-state index contributed by atoms with van der Waals surface area (Å²) in [6.07, 6.45) is 3.86. The molecule has 1 fully saturated rings. The molecule has 0 saturated carbocycles. The number of nitrogens with zero attached hydrogens (tertiary/aromatic N) is 2. The summed E-state index contributed by atoms with van der Waals surface area (Å²) in [5, 5.41) is 3.26. The molecule has 114 valence electrons. The molecule has 1 aliphatic heterocycles. The van der Waals surface area contributed by atoms with Gasteiger partial charge in [0.25, 0.3) is 0 Å². The van der Waals surface area contributed by atoms with E-state index in [0.717, 1.165) is 49.4 Å². The predicted octanol–water partition coefficient (Wildman–Crippen LogP) is 2.53. The Morgan fingerprint density at radius 3 is 2.86 bits per heavy atom. The zero-order valence-electron chi connectivity index (χ0n) is 13.0. The van der Waals surface area contributed by atoms with Gasteiger partial charge in [-0.1, -0.05) is 13.8 Å². The van der Waals surface area contributed by atoms with Crippen molar-refractivity contribution in [3.8, 4) is 0 Å². The van der Waals surface area contributed by atoms with E-state index in [2.05, 4.69) is 29.1 Å². The summed E-state index contributed by atoms with van der Waals surface area (Å²) in [6.45, 7) is 7.71. The van der Waals surface area contributed by atoms with Crippen molar-refractivity contribution in [1.82, 2.24) is 9.97 Å². The van der Waals surface area contributed by atoms with Crippen LogP contribution in [-0.2, 0) is 11.2 Å². The van der Waals surface area contributed by atoms with Gasteiger partial charge in [0.1, 0.15) is 0 Å². The Balaban J connectivity index is 1.81. The van der Waals surface area contributed by atoms with Crippen LogP contribution in [0.5, 0.6) is 0 Å². The number of nitrogens with one attached hydrogen (secondary N) is 1. The number of hydrogen-bond acceptors (Lipinski definition) is 5. The SMILES string of the molecule is Cc1nc(NC[C@H]2CCCO2)nc2c1C(=O)CC(C)(C)C2. The number of anilines is 1. The van der Waals surface area contributed by atoms with Gasteiger partial charge < -0.3 is 10.1 Å². The largest absolute Gasteiger partial charge is 0.376 e. The maximum Gasteiger partial charge on any atom is 0.223 e. The van der Waals surface area contributed by atoms with E-state index in [4.69, 9.17) is 4.74 Å². The molecule has 1 aliphatic carbocycles. The average molecular weight is 289 g/mol. The number of hydrogen-bond donors (Lipinski definition) is 1. The van der Waals surface area contributed by atoms with Crippen LogP contribution < -0.4 is 5.32 Å². The second kappa shape index (κ2) is 5.37. The van der Waals surface area contributed by atoms with Crippen molar-refractivity contribution in [2.45, 2.75) is 52.6 Å². The molecule has 0 amide bonds. The van der Waals surface area contributed by atoms with E-state index in [0.29, 0.717) is 12.4 Å². The van der Waals surface area contributed by atoms with Crippen LogP contribution in [0.2, 0.25) is 0 Å². The van der Waals surface area contributed by atoms with Crippen LogP contribution in [0.15, 0.2) is 0 Å². The van der Waals surface area contributed by atoms with Gasteiger partial charge in [0.2, 0.25) is 5.95 Å². The highest BCUT2D eigenvalue weighted by Gasteiger charge is 2.33. The van der Waals surface area contributed by atoms with Gasteiger partial charge in [-0.15, -0.1) is 0 Å². The van der Waals surface area contributed by atoms with Crippen molar-refractivity contribution in [3.63, 3.8) is 0 Å². The number of aromatic nitrogens is 2. The van der Waals surface area contributed by atoms with Gasteiger partial charge in [0.15, 0.2) is 5.78 Å². The number of aryl methyl sites for hydroxylation is 1. The molecule has 2 heterocycles. The number of carbonyl (C=O) groups is 1. The first kappa shape index (κ1) is 14.4. The van der Waals surface area contributed by atoms with Crippen LogP contribution in [0.1, 0.15) is 54.9 Å². The number of carbonyl (C=O) groups excluding carboxylic acids is 1. The molecular weight excluding hydrogens is 266 g/mol. The van der Waals surface area contributed by atoms with E-state index < -0.39 is 0 Å². The van der Waals surface area contributed by atoms with Gasteiger partial charge in [-0.25, -0.2) is 9.97 Å². The lowest BCUT2D eigenvalue weighted by Crippen LogP contribution is -2.30. The average Bonchev–Trinajstić information content (AvgIpc) is 2.86. The van der Waals surface area contributed by atoms with Crippen molar-refractivity contribution >= 4 is 11.7 Å². The topological polar surface area (TPSA) is 64.1 Å². The summed E-state index contributed by atoms with van der Waals surface area (Å²) in [5.41, 5.74) is 2.39. The first-order valence-corrected chi connectivity index (χ1v) is 7.71. The van der Waals surface area contributed by atoms with E-state index in [1.807, 2.05) is 6.92 Å². The van der Waals surface area contributed by atoms with E-state index in [1.165, 1.54) is 0 Å². The van der Waals surface area contributed by atoms with E-state index >= 15 is 0 Å². The van der Waals surface area contributed by atoms with Gasteiger partial charge in [0.05, 0.1) is 23.1 Å². The first-order chi connectivity index (χ1) is 9.94. The number of ketones is 1. The molecule has 0 radical (unpaired) electrons. The van der Waals surface area contributed by atoms with Crippen molar-refractivity contribution in [1.29, 1.82) is 0 Å². The smallest absolute Gasteiger partial charge is 0.223 e.